The number of hydrogen-bond acceptors (Lipinski definition) is 6. The molecule has 1 aliphatic heterocycles. The Bertz CT molecular complexity index is 1500. The normalized spacial score (nSPS) is 17.3. The van der Waals surface area contributed by atoms with Crippen molar-refractivity contribution in [2.45, 2.75) is 58.7 Å². The maximum Gasteiger partial charge on any atom is 0.269 e. The fraction of sp³-hybridized carbons (Fsp3) is 0.452. The highest BCUT2D eigenvalue weighted by molar-refractivity contribution is 7.88. The number of amides is 2. The van der Waals surface area contributed by atoms with E-state index in [2.05, 4.69) is 10.4 Å². The number of aromatic nitrogens is 2. The fourth-order valence-electron chi connectivity index (χ4n) is 4.90. The molecule has 1 saturated heterocycles. The summed E-state index contributed by atoms with van der Waals surface area (Å²) in [5, 5.41) is 7.42. The largest absolute Gasteiger partial charge is 0.489 e. The van der Waals surface area contributed by atoms with Gasteiger partial charge in [0.2, 0.25) is 10.0 Å². The van der Waals surface area contributed by atoms with E-state index >= 15 is 0 Å². The summed E-state index contributed by atoms with van der Waals surface area (Å²) in [5.41, 5.74) is 3.93. The highest BCUT2D eigenvalue weighted by Gasteiger charge is 2.32. The van der Waals surface area contributed by atoms with E-state index in [1.165, 1.54) is 10.6 Å². The molecule has 2 aliphatic rings. The first kappa shape index (κ1) is 31.2. The molecule has 3 aromatic rings. The zero-order valence-electron chi connectivity index (χ0n) is 25.0. The van der Waals surface area contributed by atoms with E-state index in [0.29, 0.717) is 55.7 Å². The summed E-state index contributed by atoms with van der Waals surface area (Å²) in [7, 11) is -1.48. The standard InChI is InChI=1S/C29H35N5O5S.C2H6/c1-20-18-33(40(3,37)38)13-14-34(20)29(36)24-9-7-21(8-10-24)19-39-25-6-4-5-22(15-25)17-30-28(35)27-16-26(23-11-12-23)31-32(27)2;1-2/h4-10,15-16,20,23H,11-14,17-19H2,1-3H3,(H,30,35);1-2H3. The van der Waals surface area contributed by atoms with Gasteiger partial charge in [-0.25, -0.2) is 8.42 Å². The number of nitrogens with zero attached hydrogens (tertiary/aromatic N) is 4. The van der Waals surface area contributed by atoms with E-state index in [4.69, 9.17) is 4.74 Å². The molecule has 2 aromatic carbocycles. The number of sulfonamides is 1. The fourth-order valence-corrected chi connectivity index (χ4v) is 5.80. The third kappa shape index (κ3) is 7.77. The number of aryl methyl sites for hydroxylation is 1. The molecule has 1 aromatic heterocycles. The van der Waals surface area contributed by atoms with E-state index < -0.39 is 10.0 Å². The molecule has 10 nitrogen and oxygen atoms in total. The Hall–Kier alpha value is -3.70. The molecule has 1 N–H and O–H groups in total. The SMILES string of the molecule is CC.CC1CN(S(C)(=O)=O)CCN1C(=O)c1ccc(COc2cccc(CNC(=O)c3cc(C4CC4)nn3C)c2)cc1. The van der Waals surface area contributed by atoms with Gasteiger partial charge in [0.05, 0.1) is 11.9 Å². The minimum absolute atomic E-state index is 0.113. The molecule has 5 rings (SSSR count). The van der Waals surface area contributed by atoms with Gasteiger partial charge >= 0.3 is 0 Å². The minimum Gasteiger partial charge on any atom is -0.489 e. The van der Waals surface area contributed by atoms with Crippen molar-refractivity contribution >= 4 is 21.8 Å². The van der Waals surface area contributed by atoms with Crippen molar-refractivity contribution in [2.75, 3.05) is 25.9 Å². The number of benzene rings is 2. The van der Waals surface area contributed by atoms with E-state index in [1.807, 2.05) is 63.2 Å². The van der Waals surface area contributed by atoms with Crippen LogP contribution in [0, 0.1) is 0 Å². The third-order valence-corrected chi connectivity index (χ3v) is 8.67. The van der Waals surface area contributed by atoms with Crippen LogP contribution in [0.2, 0.25) is 0 Å². The van der Waals surface area contributed by atoms with Crippen LogP contribution in [0.4, 0.5) is 0 Å². The van der Waals surface area contributed by atoms with Gasteiger partial charge in [-0.15, -0.1) is 0 Å². The average Bonchev–Trinajstić information content (AvgIpc) is 3.76. The number of nitrogens with one attached hydrogen (secondary N) is 1. The van der Waals surface area contributed by atoms with Crippen LogP contribution in [0.5, 0.6) is 5.75 Å². The monoisotopic (exact) mass is 595 g/mol. The van der Waals surface area contributed by atoms with Gasteiger partial charge in [-0.1, -0.05) is 38.1 Å². The second-order valence-electron chi connectivity index (χ2n) is 10.6. The van der Waals surface area contributed by atoms with Gasteiger partial charge in [0.1, 0.15) is 18.1 Å². The lowest BCUT2D eigenvalue weighted by Crippen LogP contribution is -2.55. The van der Waals surface area contributed by atoms with Crippen molar-refractivity contribution in [1.82, 2.24) is 24.3 Å². The molecule has 0 bridgehead atoms. The van der Waals surface area contributed by atoms with Crippen LogP contribution in [0.25, 0.3) is 0 Å². The van der Waals surface area contributed by atoms with Crippen LogP contribution < -0.4 is 10.1 Å². The number of carbonyl (C=O) groups excluding carboxylic acids is 2. The van der Waals surface area contributed by atoms with Gasteiger partial charge in [0.25, 0.3) is 11.8 Å². The lowest BCUT2D eigenvalue weighted by Gasteiger charge is -2.38. The predicted octanol–water partition coefficient (Wildman–Crippen LogP) is 3.94. The Morgan fingerprint density at radius 2 is 1.74 bits per heavy atom. The quantitative estimate of drug-likeness (QED) is 0.401. The van der Waals surface area contributed by atoms with Crippen molar-refractivity contribution in [3.8, 4) is 5.75 Å². The molecule has 11 heteroatoms. The van der Waals surface area contributed by atoms with Gasteiger partial charge in [0, 0.05) is 50.7 Å². The molecule has 42 heavy (non-hydrogen) atoms. The van der Waals surface area contributed by atoms with Crippen LogP contribution in [-0.4, -0.2) is 71.1 Å². The van der Waals surface area contributed by atoms with Crippen molar-refractivity contribution in [3.05, 3.63) is 82.7 Å². The van der Waals surface area contributed by atoms with Crippen molar-refractivity contribution < 1.29 is 22.7 Å². The molecule has 2 heterocycles. The minimum atomic E-state index is -3.27. The van der Waals surface area contributed by atoms with E-state index in [-0.39, 0.29) is 17.9 Å². The molecule has 1 saturated carbocycles. The van der Waals surface area contributed by atoms with Crippen LogP contribution in [0.15, 0.2) is 54.6 Å². The summed E-state index contributed by atoms with van der Waals surface area (Å²) in [6.07, 6.45) is 3.47. The average molecular weight is 596 g/mol. The lowest BCUT2D eigenvalue weighted by atomic mass is 10.1. The van der Waals surface area contributed by atoms with Crippen molar-refractivity contribution in [2.24, 2.45) is 7.05 Å². The molecule has 2 amide bonds. The molecule has 226 valence electrons. The molecule has 1 unspecified atom stereocenters. The smallest absolute Gasteiger partial charge is 0.269 e. The van der Waals surface area contributed by atoms with Gasteiger partial charge in [-0.2, -0.15) is 9.40 Å². The number of rotatable bonds is 9. The summed E-state index contributed by atoms with van der Waals surface area (Å²) < 4.78 is 32.7. The maximum absolute atomic E-state index is 13.0. The van der Waals surface area contributed by atoms with E-state index in [1.54, 1.807) is 28.8 Å². The van der Waals surface area contributed by atoms with Gasteiger partial charge in [0.15, 0.2) is 0 Å². The summed E-state index contributed by atoms with van der Waals surface area (Å²) in [5.74, 6) is 0.903. The van der Waals surface area contributed by atoms with Gasteiger partial charge in [-0.05, 0) is 61.2 Å². The molecule has 0 spiro atoms. The second-order valence-corrected chi connectivity index (χ2v) is 12.6. The number of piperazine rings is 1. The molecule has 1 atom stereocenters. The Morgan fingerprint density at radius 3 is 2.38 bits per heavy atom. The second kappa shape index (κ2) is 13.5. The first-order valence-electron chi connectivity index (χ1n) is 14.5. The lowest BCUT2D eigenvalue weighted by molar-refractivity contribution is 0.0592. The Morgan fingerprint density at radius 1 is 1.02 bits per heavy atom. The van der Waals surface area contributed by atoms with Crippen LogP contribution >= 0.6 is 0 Å². The van der Waals surface area contributed by atoms with Crippen molar-refractivity contribution in [1.29, 1.82) is 0 Å². The van der Waals surface area contributed by atoms with E-state index in [9.17, 15) is 18.0 Å². The molecular weight excluding hydrogens is 554 g/mol. The highest BCUT2D eigenvalue weighted by atomic mass is 32.2. The van der Waals surface area contributed by atoms with Crippen LogP contribution in [0.1, 0.15) is 77.2 Å². The summed E-state index contributed by atoms with van der Waals surface area (Å²) in [6.45, 7) is 7.51. The summed E-state index contributed by atoms with van der Waals surface area (Å²) in [6, 6.07) is 16.5. The topological polar surface area (TPSA) is 114 Å². The first-order chi connectivity index (χ1) is 20.1. The Balaban J connectivity index is 0.00000198. The number of hydrogen-bond donors (Lipinski definition) is 1. The zero-order chi connectivity index (χ0) is 30.4. The van der Waals surface area contributed by atoms with Crippen LogP contribution in [0.3, 0.4) is 0 Å². The maximum atomic E-state index is 13.0. The first-order valence-corrected chi connectivity index (χ1v) is 16.3. The molecule has 2 fully saturated rings. The molecule has 1 aliphatic carbocycles. The Labute approximate surface area is 248 Å². The highest BCUT2D eigenvalue weighted by Crippen LogP contribution is 2.39. The van der Waals surface area contributed by atoms with Crippen molar-refractivity contribution in [3.63, 3.8) is 0 Å². The number of carbonyl (C=O) groups is 2. The van der Waals surface area contributed by atoms with Gasteiger partial charge in [-0.3, -0.25) is 14.3 Å². The predicted molar refractivity (Wildman–Crippen MR) is 162 cm³/mol. The molecular formula is C31H41N5O5S. The third-order valence-electron chi connectivity index (χ3n) is 7.40. The summed E-state index contributed by atoms with van der Waals surface area (Å²) in [4.78, 5) is 27.4. The van der Waals surface area contributed by atoms with Crippen LogP contribution in [-0.2, 0) is 30.2 Å². The Kier molecular flexibility index (Phi) is 10.1. The molecule has 0 radical (unpaired) electrons. The zero-order valence-corrected chi connectivity index (χ0v) is 25.9. The number of ether oxygens (including phenoxy) is 1. The van der Waals surface area contributed by atoms with Gasteiger partial charge < -0.3 is 15.0 Å². The summed E-state index contributed by atoms with van der Waals surface area (Å²) >= 11 is 0. The van der Waals surface area contributed by atoms with E-state index in [0.717, 1.165) is 29.7 Å².